The summed E-state index contributed by atoms with van der Waals surface area (Å²) in [6.07, 6.45) is 8.96. The SMILES string of the molecule is C/C=C/C=C(\C)[C@H](C[C@@H]1CC[C@@H](C)[C@](O)(C(=O)C(=O)N2CCCC[C@H]2C(=O)O[C@@H](CC(=O)[C@H](C)/C=C(\C)[C@@H](O)[C@@H](OC)C(=O)[C@H](C)CC(C)C)[C@H](C)C[C@@H]2CC[C@@H](O)C(C)C2)O1)OC. The number of nitrogens with zero attached hydrogens (tertiary/aromatic N) is 1. The average molecular weight is 902 g/mol. The van der Waals surface area contributed by atoms with E-state index in [0.717, 1.165) is 18.4 Å². The predicted octanol–water partition coefficient (Wildman–Crippen LogP) is 7.27. The van der Waals surface area contributed by atoms with Crippen molar-refractivity contribution in [3.63, 3.8) is 0 Å². The van der Waals surface area contributed by atoms with Gasteiger partial charge >= 0.3 is 5.97 Å². The number of piperidine rings is 1. The third-order valence-electron chi connectivity index (χ3n) is 14.2. The molecule has 3 N–H and O–H groups in total. The highest BCUT2D eigenvalue weighted by atomic mass is 16.6. The minimum atomic E-state index is -2.41. The molecule has 0 spiro atoms. The van der Waals surface area contributed by atoms with Crippen LogP contribution in [0.1, 0.15) is 146 Å². The molecule has 1 saturated carbocycles. The number of rotatable bonds is 23. The molecule has 64 heavy (non-hydrogen) atoms. The van der Waals surface area contributed by atoms with Crippen molar-refractivity contribution in [2.24, 2.45) is 41.4 Å². The zero-order valence-corrected chi connectivity index (χ0v) is 41.0. The van der Waals surface area contributed by atoms with Gasteiger partial charge in [0.15, 0.2) is 5.78 Å². The van der Waals surface area contributed by atoms with Gasteiger partial charge in [-0.2, -0.15) is 0 Å². The molecule has 0 aromatic carbocycles. The Balaban J connectivity index is 1.84. The van der Waals surface area contributed by atoms with E-state index in [9.17, 15) is 39.3 Å². The Morgan fingerprint density at radius 1 is 0.906 bits per heavy atom. The number of hydrogen-bond acceptors (Lipinski definition) is 12. The molecule has 2 aliphatic heterocycles. The van der Waals surface area contributed by atoms with Gasteiger partial charge < -0.3 is 39.2 Å². The number of aliphatic hydroxyl groups is 3. The van der Waals surface area contributed by atoms with Crippen LogP contribution in [0.2, 0.25) is 0 Å². The maximum absolute atomic E-state index is 14.3. The number of carbonyl (C=O) groups is 5. The number of hydrogen-bond donors (Lipinski definition) is 3. The fraction of sp³-hybridized carbons (Fsp3) is 0.784. The highest BCUT2D eigenvalue weighted by Gasteiger charge is 2.53. The zero-order valence-electron chi connectivity index (χ0n) is 41.0. The van der Waals surface area contributed by atoms with Gasteiger partial charge in [-0.1, -0.05) is 72.8 Å². The van der Waals surface area contributed by atoms with E-state index in [4.69, 9.17) is 18.9 Å². The molecule has 1 aliphatic carbocycles. The van der Waals surface area contributed by atoms with Gasteiger partial charge in [0, 0.05) is 51.4 Å². The first-order chi connectivity index (χ1) is 30.1. The second kappa shape index (κ2) is 25.7. The Kier molecular flexibility index (Phi) is 22.2. The minimum Gasteiger partial charge on any atom is -0.460 e. The smallest absolute Gasteiger partial charge is 0.329 e. The summed E-state index contributed by atoms with van der Waals surface area (Å²) in [7, 11) is 2.97. The highest BCUT2D eigenvalue weighted by Crippen LogP contribution is 2.38. The number of ether oxygens (including phenoxy) is 4. The van der Waals surface area contributed by atoms with Crippen LogP contribution in [0.5, 0.6) is 0 Å². The van der Waals surface area contributed by atoms with Gasteiger partial charge in [0.05, 0.1) is 18.3 Å². The van der Waals surface area contributed by atoms with Gasteiger partial charge in [0.1, 0.15) is 30.1 Å². The van der Waals surface area contributed by atoms with E-state index in [1.54, 1.807) is 34.0 Å². The quantitative estimate of drug-likeness (QED) is 0.0404. The molecule has 13 heteroatoms. The van der Waals surface area contributed by atoms with E-state index in [0.29, 0.717) is 56.9 Å². The molecule has 3 rings (SSSR count). The molecular formula is C51H83NO12. The first-order valence-electron chi connectivity index (χ1n) is 24.0. The van der Waals surface area contributed by atoms with E-state index >= 15 is 0 Å². The van der Waals surface area contributed by atoms with Gasteiger partial charge in [-0.05, 0) is 120 Å². The molecule has 0 aromatic heterocycles. The molecule has 1 unspecified atom stereocenters. The van der Waals surface area contributed by atoms with Crippen molar-refractivity contribution in [1.29, 1.82) is 0 Å². The second-order valence-corrected chi connectivity index (χ2v) is 20.0. The largest absolute Gasteiger partial charge is 0.460 e. The topological polar surface area (TPSA) is 186 Å². The fourth-order valence-corrected chi connectivity index (χ4v) is 9.95. The predicted molar refractivity (Wildman–Crippen MR) is 246 cm³/mol. The molecule has 2 saturated heterocycles. The molecule has 0 bridgehead atoms. The van der Waals surface area contributed by atoms with E-state index in [2.05, 4.69) is 0 Å². The van der Waals surface area contributed by atoms with Crippen LogP contribution in [0.4, 0.5) is 0 Å². The van der Waals surface area contributed by atoms with Crippen molar-refractivity contribution in [3.05, 3.63) is 35.5 Å². The molecule has 0 radical (unpaired) electrons. The number of carbonyl (C=O) groups excluding carboxylic acids is 5. The monoisotopic (exact) mass is 902 g/mol. The van der Waals surface area contributed by atoms with Gasteiger partial charge in [0.25, 0.3) is 11.7 Å². The standard InChI is InChI=1S/C51H83NO12/c1-13-14-17-31(4)43(61-11)28-39-21-19-37(10)51(60,64-39)48(57)49(58)52-23-16-15-18-40(52)50(59)63-44(34(7)27-38-20-22-41(53)33(6)26-38)29-42(54)32(5)25-36(9)46(56)47(62-12)45(55)35(8)24-30(2)3/h13-14,17,25,30,32-35,37-41,43-44,46-47,53,56,60H,15-16,18-24,26-29H2,1-12H3/b14-13+,31-17+,36-25+/t32-,33?,34-,35-,37-,38-,39+,40+,41-,43+,44+,46-,47+,51-/m1/s1. The van der Waals surface area contributed by atoms with Crippen molar-refractivity contribution in [2.45, 2.75) is 195 Å². The number of methoxy groups -OCH3 is 2. The summed E-state index contributed by atoms with van der Waals surface area (Å²) >= 11 is 0. The van der Waals surface area contributed by atoms with Crippen molar-refractivity contribution < 1.29 is 58.2 Å². The lowest BCUT2D eigenvalue weighted by Gasteiger charge is -2.42. The summed E-state index contributed by atoms with van der Waals surface area (Å²) in [6, 6.07) is -1.12. The lowest BCUT2D eigenvalue weighted by atomic mass is 9.75. The van der Waals surface area contributed by atoms with Crippen LogP contribution >= 0.6 is 0 Å². The molecule has 3 fully saturated rings. The molecule has 0 aromatic rings. The highest BCUT2D eigenvalue weighted by molar-refractivity contribution is 6.39. The van der Waals surface area contributed by atoms with Crippen LogP contribution < -0.4 is 0 Å². The van der Waals surface area contributed by atoms with Crippen LogP contribution in [0.3, 0.4) is 0 Å². The molecule has 1 amide bonds. The number of likely N-dealkylation sites (tertiary alicyclic amines) is 1. The Labute approximate surface area is 383 Å². The lowest BCUT2D eigenvalue weighted by molar-refractivity contribution is -0.265. The van der Waals surface area contributed by atoms with E-state index < -0.39 is 65.7 Å². The summed E-state index contributed by atoms with van der Waals surface area (Å²) in [5, 5.41) is 33.5. The maximum Gasteiger partial charge on any atom is 0.329 e. The van der Waals surface area contributed by atoms with Gasteiger partial charge in [-0.25, -0.2) is 4.79 Å². The number of amides is 1. The number of esters is 1. The van der Waals surface area contributed by atoms with Crippen LogP contribution in [-0.4, -0.2) is 119 Å². The Hall–Kier alpha value is -3.07. The fourth-order valence-electron chi connectivity index (χ4n) is 9.95. The summed E-state index contributed by atoms with van der Waals surface area (Å²) in [6.45, 7) is 18.8. The maximum atomic E-state index is 14.3. The molecule has 13 nitrogen and oxygen atoms in total. The number of ketones is 3. The number of allylic oxidation sites excluding steroid dienone is 4. The molecular weight excluding hydrogens is 819 g/mol. The third-order valence-corrected chi connectivity index (χ3v) is 14.2. The van der Waals surface area contributed by atoms with E-state index in [-0.39, 0.29) is 72.8 Å². The summed E-state index contributed by atoms with van der Waals surface area (Å²) in [4.78, 5) is 71.1. The first kappa shape index (κ1) is 55.3. The Bertz CT molecular complexity index is 1650. The van der Waals surface area contributed by atoms with Crippen LogP contribution in [0, 0.1) is 41.4 Å². The first-order valence-corrected chi connectivity index (χ1v) is 24.0. The normalized spacial score (nSPS) is 29.4. The van der Waals surface area contributed by atoms with Crippen molar-refractivity contribution in [2.75, 3.05) is 20.8 Å². The summed E-state index contributed by atoms with van der Waals surface area (Å²) in [5.41, 5.74) is 1.36. The van der Waals surface area contributed by atoms with Gasteiger partial charge in [0.2, 0.25) is 5.79 Å². The van der Waals surface area contributed by atoms with Crippen molar-refractivity contribution in [3.8, 4) is 0 Å². The average Bonchev–Trinajstić information content (AvgIpc) is 3.25. The number of aliphatic hydroxyl groups excluding tert-OH is 2. The van der Waals surface area contributed by atoms with Crippen molar-refractivity contribution in [1.82, 2.24) is 4.90 Å². The summed E-state index contributed by atoms with van der Waals surface area (Å²) < 4.78 is 23.6. The van der Waals surface area contributed by atoms with E-state index in [1.165, 1.54) is 12.0 Å². The molecule has 364 valence electrons. The van der Waals surface area contributed by atoms with Crippen LogP contribution in [0.25, 0.3) is 0 Å². The third kappa shape index (κ3) is 15.0. The summed E-state index contributed by atoms with van der Waals surface area (Å²) in [5.74, 6) is -7.11. The van der Waals surface area contributed by atoms with Gasteiger partial charge in [-0.3, -0.25) is 19.2 Å². The Morgan fingerprint density at radius 3 is 2.20 bits per heavy atom. The van der Waals surface area contributed by atoms with Crippen molar-refractivity contribution >= 4 is 29.2 Å². The molecule has 3 aliphatic rings. The van der Waals surface area contributed by atoms with Crippen LogP contribution in [-0.2, 0) is 42.9 Å². The van der Waals surface area contributed by atoms with Gasteiger partial charge in [-0.15, -0.1) is 0 Å². The minimum absolute atomic E-state index is 0.102. The molecule has 14 atom stereocenters. The zero-order chi connectivity index (χ0) is 48.1. The molecule has 2 heterocycles. The second-order valence-electron chi connectivity index (χ2n) is 20.0. The number of Topliss-reactive ketones (excluding diaryl/α,β-unsaturated/α-hetero) is 3. The lowest BCUT2D eigenvalue weighted by Crippen LogP contribution is -2.61. The Morgan fingerprint density at radius 2 is 1.59 bits per heavy atom. The van der Waals surface area contributed by atoms with E-state index in [1.807, 2.05) is 66.7 Å². The van der Waals surface area contributed by atoms with Crippen LogP contribution in [0.15, 0.2) is 35.5 Å².